The molecule has 4 N–H and O–H groups in total. The highest BCUT2D eigenvalue weighted by molar-refractivity contribution is 7.17. The molecular formula is C24H25ClN4O3S. The molecule has 3 aromatic rings. The van der Waals surface area contributed by atoms with E-state index in [0.29, 0.717) is 44.8 Å². The topological polar surface area (TPSA) is 103 Å². The van der Waals surface area contributed by atoms with Gasteiger partial charge in [0.05, 0.1) is 23.0 Å². The summed E-state index contributed by atoms with van der Waals surface area (Å²) in [4.78, 5) is 30.0. The van der Waals surface area contributed by atoms with Crippen molar-refractivity contribution < 1.29 is 14.7 Å². The van der Waals surface area contributed by atoms with Gasteiger partial charge >= 0.3 is 0 Å². The maximum Gasteiger partial charge on any atom is 0.267 e. The Bertz CT molecular complexity index is 1140. The van der Waals surface area contributed by atoms with Crippen LogP contribution < -0.4 is 16.0 Å². The number of halogens is 1. The molecule has 1 saturated carbocycles. The van der Waals surface area contributed by atoms with Crippen molar-refractivity contribution in [2.24, 2.45) is 0 Å². The number of anilines is 3. The average molecular weight is 485 g/mol. The molecule has 0 atom stereocenters. The number of aryl methyl sites for hydroxylation is 1. The number of hydrogen-bond donors (Lipinski definition) is 4. The second-order valence-electron chi connectivity index (χ2n) is 8.10. The molecule has 1 aliphatic carbocycles. The van der Waals surface area contributed by atoms with E-state index in [9.17, 15) is 14.7 Å². The maximum absolute atomic E-state index is 12.6. The highest BCUT2D eigenvalue weighted by atomic mass is 35.5. The smallest absolute Gasteiger partial charge is 0.267 e. The molecule has 7 nitrogen and oxygen atoms in total. The third-order valence-corrected chi connectivity index (χ3v) is 6.82. The van der Waals surface area contributed by atoms with Crippen molar-refractivity contribution in [3.05, 3.63) is 69.7 Å². The van der Waals surface area contributed by atoms with Crippen LogP contribution in [0.15, 0.2) is 48.7 Å². The fourth-order valence-electron chi connectivity index (χ4n) is 3.75. The van der Waals surface area contributed by atoms with Crippen molar-refractivity contribution in [3.8, 4) is 0 Å². The third-order valence-electron chi connectivity index (χ3n) is 5.60. The van der Waals surface area contributed by atoms with Gasteiger partial charge in [0.15, 0.2) is 5.13 Å². The number of aliphatic hydroxyl groups is 1. The second-order valence-corrected chi connectivity index (χ2v) is 9.54. The number of para-hydroxylation sites is 1. The zero-order valence-electron chi connectivity index (χ0n) is 18.1. The van der Waals surface area contributed by atoms with Gasteiger partial charge in [-0.3, -0.25) is 9.59 Å². The van der Waals surface area contributed by atoms with E-state index in [4.69, 9.17) is 11.6 Å². The average Bonchev–Trinajstić information content (AvgIpc) is 3.26. The minimum absolute atomic E-state index is 0.0827. The van der Waals surface area contributed by atoms with E-state index in [1.807, 2.05) is 25.1 Å². The number of nitrogens with one attached hydrogen (secondary N) is 3. The first kappa shape index (κ1) is 23.2. The third kappa shape index (κ3) is 5.90. The van der Waals surface area contributed by atoms with Crippen molar-refractivity contribution in [2.75, 3.05) is 10.6 Å². The number of carbonyl (C=O) groups is 2. The molecule has 0 aliphatic heterocycles. The van der Waals surface area contributed by atoms with Crippen LogP contribution in [0.4, 0.5) is 16.5 Å². The van der Waals surface area contributed by atoms with Gasteiger partial charge in [-0.15, -0.1) is 0 Å². The van der Waals surface area contributed by atoms with Gasteiger partial charge in [-0.2, -0.15) is 0 Å². The Morgan fingerprint density at radius 1 is 1.09 bits per heavy atom. The van der Waals surface area contributed by atoms with E-state index in [-0.39, 0.29) is 24.0 Å². The highest BCUT2D eigenvalue weighted by Crippen LogP contribution is 2.28. The van der Waals surface area contributed by atoms with Crippen LogP contribution in [0.25, 0.3) is 0 Å². The number of amides is 2. The largest absolute Gasteiger partial charge is 0.393 e. The zero-order chi connectivity index (χ0) is 23.4. The van der Waals surface area contributed by atoms with Gasteiger partial charge < -0.3 is 21.1 Å². The van der Waals surface area contributed by atoms with Crippen molar-refractivity contribution in [2.45, 2.75) is 44.8 Å². The van der Waals surface area contributed by atoms with Gasteiger partial charge in [-0.25, -0.2) is 4.98 Å². The summed E-state index contributed by atoms with van der Waals surface area (Å²) in [6.07, 6.45) is 4.23. The Balaban J connectivity index is 1.39. The van der Waals surface area contributed by atoms with E-state index in [1.165, 1.54) is 17.5 Å². The van der Waals surface area contributed by atoms with Crippen LogP contribution in [0.1, 0.15) is 51.3 Å². The summed E-state index contributed by atoms with van der Waals surface area (Å²) >= 11 is 7.41. The van der Waals surface area contributed by atoms with Gasteiger partial charge in [0.2, 0.25) is 0 Å². The molecular weight excluding hydrogens is 460 g/mol. The van der Waals surface area contributed by atoms with Crippen LogP contribution in [0.3, 0.4) is 0 Å². The van der Waals surface area contributed by atoms with Crippen LogP contribution in [-0.4, -0.2) is 34.1 Å². The van der Waals surface area contributed by atoms with Crippen molar-refractivity contribution >= 4 is 51.3 Å². The molecule has 2 amide bonds. The quantitative estimate of drug-likeness (QED) is 0.388. The highest BCUT2D eigenvalue weighted by Gasteiger charge is 2.21. The first-order valence-electron chi connectivity index (χ1n) is 10.8. The fraction of sp³-hybridized carbons (Fsp3) is 0.292. The van der Waals surface area contributed by atoms with Gasteiger partial charge in [0.1, 0.15) is 4.88 Å². The number of benzene rings is 2. The Morgan fingerprint density at radius 3 is 2.61 bits per heavy atom. The summed E-state index contributed by atoms with van der Waals surface area (Å²) in [5.41, 5.74) is 2.69. The summed E-state index contributed by atoms with van der Waals surface area (Å²) < 4.78 is 0. The Morgan fingerprint density at radius 2 is 1.85 bits per heavy atom. The Hall–Kier alpha value is -2.94. The number of hydrogen-bond acceptors (Lipinski definition) is 6. The van der Waals surface area contributed by atoms with E-state index in [1.54, 1.807) is 24.3 Å². The van der Waals surface area contributed by atoms with Gasteiger partial charge in [-0.05, 0) is 62.4 Å². The number of carbonyl (C=O) groups excluding carboxylic acids is 2. The maximum atomic E-state index is 12.6. The summed E-state index contributed by atoms with van der Waals surface area (Å²) in [6, 6.07) is 12.7. The molecule has 0 spiro atoms. The first-order valence-corrected chi connectivity index (χ1v) is 12.0. The molecule has 1 aromatic heterocycles. The van der Waals surface area contributed by atoms with Gasteiger partial charge in [0.25, 0.3) is 11.8 Å². The zero-order valence-corrected chi connectivity index (χ0v) is 19.7. The van der Waals surface area contributed by atoms with E-state index < -0.39 is 0 Å². The number of nitrogens with zero attached hydrogens (tertiary/aromatic N) is 1. The monoisotopic (exact) mass is 484 g/mol. The Kier molecular flexibility index (Phi) is 7.27. The van der Waals surface area contributed by atoms with E-state index in [0.717, 1.165) is 18.4 Å². The van der Waals surface area contributed by atoms with Crippen LogP contribution in [-0.2, 0) is 0 Å². The predicted octanol–water partition coefficient (Wildman–Crippen LogP) is 5.13. The minimum atomic E-state index is -0.289. The van der Waals surface area contributed by atoms with Gasteiger partial charge in [-0.1, -0.05) is 41.1 Å². The molecule has 0 bridgehead atoms. The molecule has 4 rings (SSSR count). The molecule has 1 fully saturated rings. The molecule has 172 valence electrons. The molecule has 33 heavy (non-hydrogen) atoms. The number of aliphatic hydroxyl groups excluding tert-OH is 1. The lowest BCUT2D eigenvalue weighted by Crippen LogP contribution is -2.38. The van der Waals surface area contributed by atoms with Crippen LogP contribution in [0.2, 0.25) is 5.02 Å². The number of thiazole rings is 1. The summed E-state index contributed by atoms with van der Waals surface area (Å²) in [7, 11) is 0. The van der Waals surface area contributed by atoms with Crippen molar-refractivity contribution in [1.82, 2.24) is 10.3 Å². The summed E-state index contributed by atoms with van der Waals surface area (Å²) in [5.74, 6) is -0.433. The van der Waals surface area contributed by atoms with Gasteiger partial charge in [0, 0.05) is 17.3 Å². The van der Waals surface area contributed by atoms with E-state index >= 15 is 0 Å². The second kappa shape index (κ2) is 10.3. The molecule has 0 unspecified atom stereocenters. The lowest BCUT2D eigenvalue weighted by atomic mass is 9.93. The molecule has 2 aromatic carbocycles. The van der Waals surface area contributed by atoms with E-state index in [2.05, 4.69) is 20.9 Å². The number of rotatable bonds is 6. The molecule has 0 saturated heterocycles. The minimum Gasteiger partial charge on any atom is -0.393 e. The molecule has 0 radical (unpaired) electrons. The van der Waals surface area contributed by atoms with Crippen LogP contribution in [0, 0.1) is 6.92 Å². The molecule has 9 heteroatoms. The summed E-state index contributed by atoms with van der Waals surface area (Å²) in [5, 5.41) is 19.7. The van der Waals surface area contributed by atoms with Crippen molar-refractivity contribution in [3.63, 3.8) is 0 Å². The number of aromatic nitrogens is 1. The lowest BCUT2D eigenvalue weighted by Gasteiger charge is -2.26. The van der Waals surface area contributed by atoms with Crippen LogP contribution in [0.5, 0.6) is 0 Å². The normalized spacial score (nSPS) is 17.9. The predicted molar refractivity (Wildman–Crippen MR) is 132 cm³/mol. The Labute approximate surface area is 201 Å². The van der Waals surface area contributed by atoms with Crippen molar-refractivity contribution in [1.29, 1.82) is 0 Å². The van der Waals surface area contributed by atoms with Crippen LogP contribution >= 0.6 is 22.9 Å². The lowest BCUT2D eigenvalue weighted by molar-refractivity contribution is 0.0867. The summed E-state index contributed by atoms with van der Waals surface area (Å²) in [6.45, 7) is 1.88. The molecule has 1 aliphatic rings. The first-order chi connectivity index (χ1) is 15.9. The standard InChI is InChI=1S/C24H25ClN4O3S/c1-14-4-2-7-19(25)21(14)29-23(32)20-13-26-24(33-20)28-17-6-3-5-15(12-17)22(31)27-16-8-10-18(30)11-9-16/h2-7,12-13,16,18,30H,8-11H2,1H3,(H,26,28)(H,27,31)(H,29,32). The fourth-order valence-corrected chi connectivity index (χ4v) is 4.75. The SMILES string of the molecule is Cc1cccc(Cl)c1NC(=O)c1cnc(Nc2cccc(C(=O)NC3CCC(O)CC3)c2)s1. The molecule has 1 heterocycles.